The van der Waals surface area contributed by atoms with Crippen LogP contribution in [-0.2, 0) is 16.1 Å². The maximum absolute atomic E-state index is 12.0. The lowest BCUT2D eigenvalue weighted by Crippen LogP contribution is -2.25. The van der Waals surface area contributed by atoms with Gasteiger partial charge in [0.1, 0.15) is 10.8 Å². The van der Waals surface area contributed by atoms with Gasteiger partial charge in [0.2, 0.25) is 0 Å². The predicted octanol–water partition coefficient (Wildman–Crippen LogP) is 5.14. The number of rotatable bonds is 7. The van der Waals surface area contributed by atoms with Crippen molar-refractivity contribution in [1.82, 2.24) is 9.55 Å². The summed E-state index contributed by atoms with van der Waals surface area (Å²) in [6, 6.07) is 17.9. The lowest BCUT2D eigenvalue weighted by atomic mass is 10.2. The first kappa shape index (κ1) is 19.4. The van der Waals surface area contributed by atoms with Crippen LogP contribution in [0.1, 0.15) is 19.5 Å². The van der Waals surface area contributed by atoms with E-state index >= 15 is 0 Å². The standard InChI is InChI=1S/C23H22N2O3S/c1-3-27-16(2)23(26)28-20-9-10-21-18(13-20)11-12-25(21)14-19-15-29-22(24-19)17-7-5-4-6-8-17/h4-13,15-16H,3,14H2,1-2H3. The molecule has 5 nitrogen and oxygen atoms in total. The first-order valence-electron chi connectivity index (χ1n) is 9.56. The van der Waals surface area contributed by atoms with Gasteiger partial charge in [0.25, 0.3) is 0 Å². The lowest BCUT2D eigenvalue weighted by molar-refractivity contribution is -0.145. The molecule has 0 amide bonds. The van der Waals surface area contributed by atoms with Gasteiger partial charge in [-0.25, -0.2) is 9.78 Å². The molecule has 0 fully saturated rings. The lowest BCUT2D eigenvalue weighted by Gasteiger charge is -2.11. The molecule has 148 valence electrons. The van der Waals surface area contributed by atoms with Crippen molar-refractivity contribution in [2.75, 3.05) is 6.61 Å². The van der Waals surface area contributed by atoms with Gasteiger partial charge in [-0.2, -0.15) is 0 Å². The van der Waals surface area contributed by atoms with Crippen LogP contribution in [0.15, 0.2) is 66.2 Å². The monoisotopic (exact) mass is 406 g/mol. The minimum atomic E-state index is -0.580. The number of esters is 1. The molecule has 2 heterocycles. The highest BCUT2D eigenvalue weighted by Crippen LogP contribution is 2.26. The number of thiazole rings is 1. The van der Waals surface area contributed by atoms with Crippen molar-refractivity contribution in [3.05, 3.63) is 71.9 Å². The number of nitrogens with zero attached hydrogens (tertiary/aromatic N) is 2. The second-order valence-corrected chi connectivity index (χ2v) is 7.55. The molecular weight excluding hydrogens is 384 g/mol. The average molecular weight is 407 g/mol. The van der Waals surface area contributed by atoms with Crippen molar-refractivity contribution in [3.63, 3.8) is 0 Å². The van der Waals surface area contributed by atoms with Crippen molar-refractivity contribution >= 4 is 28.2 Å². The molecule has 0 saturated carbocycles. The van der Waals surface area contributed by atoms with Crippen LogP contribution in [0, 0.1) is 0 Å². The zero-order valence-electron chi connectivity index (χ0n) is 16.4. The number of benzene rings is 2. The third-order valence-electron chi connectivity index (χ3n) is 4.61. The minimum Gasteiger partial charge on any atom is -0.425 e. The Morgan fingerprint density at radius 1 is 1.17 bits per heavy atom. The molecule has 2 aromatic carbocycles. The number of ether oxygens (including phenoxy) is 2. The van der Waals surface area contributed by atoms with E-state index in [1.807, 2.05) is 55.6 Å². The summed E-state index contributed by atoms with van der Waals surface area (Å²) >= 11 is 1.65. The Bertz CT molecular complexity index is 1120. The van der Waals surface area contributed by atoms with Crippen LogP contribution in [0.2, 0.25) is 0 Å². The molecule has 1 atom stereocenters. The summed E-state index contributed by atoms with van der Waals surface area (Å²) in [5.74, 6) is 0.133. The summed E-state index contributed by atoms with van der Waals surface area (Å²) in [6.45, 7) is 4.70. The second kappa shape index (κ2) is 8.59. The Morgan fingerprint density at radius 2 is 2.00 bits per heavy atom. The molecule has 6 heteroatoms. The van der Waals surface area contributed by atoms with Gasteiger partial charge < -0.3 is 14.0 Å². The molecule has 0 aliphatic rings. The fraction of sp³-hybridized carbons (Fsp3) is 0.217. The number of hydrogen-bond donors (Lipinski definition) is 0. The van der Waals surface area contributed by atoms with Crippen LogP contribution < -0.4 is 4.74 Å². The van der Waals surface area contributed by atoms with Crippen LogP contribution in [0.25, 0.3) is 21.5 Å². The molecular formula is C23H22N2O3S. The van der Waals surface area contributed by atoms with Crippen molar-refractivity contribution in [2.45, 2.75) is 26.5 Å². The highest BCUT2D eigenvalue weighted by Gasteiger charge is 2.16. The molecule has 4 rings (SSSR count). The molecule has 0 saturated heterocycles. The van der Waals surface area contributed by atoms with Crippen LogP contribution >= 0.6 is 11.3 Å². The fourth-order valence-electron chi connectivity index (χ4n) is 3.16. The summed E-state index contributed by atoms with van der Waals surface area (Å²) in [7, 11) is 0. The van der Waals surface area contributed by atoms with Gasteiger partial charge in [-0.05, 0) is 38.1 Å². The molecule has 0 bridgehead atoms. The van der Waals surface area contributed by atoms with Gasteiger partial charge in [-0.15, -0.1) is 11.3 Å². The van der Waals surface area contributed by atoms with Crippen LogP contribution in [0.5, 0.6) is 5.75 Å². The second-order valence-electron chi connectivity index (χ2n) is 6.69. The van der Waals surface area contributed by atoms with E-state index in [1.54, 1.807) is 18.3 Å². The molecule has 0 aliphatic heterocycles. The summed E-state index contributed by atoms with van der Waals surface area (Å²) < 4.78 is 12.9. The predicted molar refractivity (Wildman–Crippen MR) is 115 cm³/mol. The van der Waals surface area contributed by atoms with E-state index in [0.717, 1.165) is 27.2 Å². The summed E-state index contributed by atoms with van der Waals surface area (Å²) in [5.41, 5.74) is 3.22. The molecule has 0 aliphatic carbocycles. The number of fused-ring (bicyclic) bond motifs is 1. The topological polar surface area (TPSA) is 53.4 Å². The molecule has 4 aromatic rings. The first-order chi connectivity index (χ1) is 14.1. The fourth-order valence-corrected chi connectivity index (χ4v) is 3.98. The normalized spacial score (nSPS) is 12.2. The van der Waals surface area contributed by atoms with Gasteiger partial charge in [0.15, 0.2) is 6.10 Å². The Morgan fingerprint density at radius 3 is 2.79 bits per heavy atom. The number of carbonyl (C=O) groups is 1. The maximum atomic E-state index is 12.0. The van der Waals surface area contributed by atoms with E-state index in [9.17, 15) is 4.79 Å². The molecule has 2 aromatic heterocycles. The van der Waals surface area contributed by atoms with Gasteiger partial charge in [-0.1, -0.05) is 30.3 Å². The number of carbonyl (C=O) groups excluding carboxylic acids is 1. The van der Waals surface area contributed by atoms with Crippen molar-refractivity contribution in [1.29, 1.82) is 0 Å². The number of aromatic nitrogens is 2. The highest BCUT2D eigenvalue weighted by molar-refractivity contribution is 7.13. The van der Waals surface area contributed by atoms with Crippen LogP contribution in [0.4, 0.5) is 0 Å². The van der Waals surface area contributed by atoms with E-state index < -0.39 is 6.10 Å². The maximum Gasteiger partial charge on any atom is 0.340 e. The molecule has 0 radical (unpaired) electrons. The van der Waals surface area contributed by atoms with Crippen LogP contribution in [-0.4, -0.2) is 28.2 Å². The average Bonchev–Trinajstić information content (AvgIpc) is 3.36. The zero-order valence-corrected chi connectivity index (χ0v) is 17.2. The summed E-state index contributed by atoms with van der Waals surface area (Å²) in [6.07, 6.45) is 1.45. The van der Waals surface area contributed by atoms with E-state index in [4.69, 9.17) is 14.5 Å². The molecule has 1 unspecified atom stereocenters. The quantitative estimate of drug-likeness (QED) is 0.315. The Balaban J connectivity index is 1.50. The Labute approximate surface area is 173 Å². The van der Waals surface area contributed by atoms with Crippen molar-refractivity contribution in [3.8, 4) is 16.3 Å². The van der Waals surface area contributed by atoms with Crippen molar-refractivity contribution < 1.29 is 14.3 Å². The van der Waals surface area contributed by atoms with Gasteiger partial charge in [0, 0.05) is 34.7 Å². The van der Waals surface area contributed by atoms with Gasteiger partial charge in [-0.3, -0.25) is 0 Å². The van der Waals surface area contributed by atoms with E-state index in [0.29, 0.717) is 18.9 Å². The largest absolute Gasteiger partial charge is 0.425 e. The Kier molecular flexibility index (Phi) is 5.74. The molecule has 0 N–H and O–H groups in total. The van der Waals surface area contributed by atoms with Crippen LogP contribution in [0.3, 0.4) is 0 Å². The molecule has 0 spiro atoms. The zero-order chi connectivity index (χ0) is 20.2. The third-order valence-corrected chi connectivity index (χ3v) is 5.55. The minimum absolute atomic E-state index is 0.387. The highest BCUT2D eigenvalue weighted by atomic mass is 32.1. The summed E-state index contributed by atoms with van der Waals surface area (Å²) in [4.78, 5) is 16.8. The van der Waals surface area contributed by atoms with Gasteiger partial charge in [0.05, 0.1) is 12.2 Å². The molecule has 29 heavy (non-hydrogen) atoms. The van der Waals surface area contributed by atoms with Gasteiger partial charge >= 0.3 is 5.97 Å². The SMILES string of the molecule is CCOC(C)C(=O)Oc1ccc2c(ccn2Cc2csc(-c3ccccc3)n2)c1. The third kappa shape index (κ3) is 4.39. The summed E-state index contributed by atoms with van der Waals surface area (Å²) in [5, 5.41) is 4.13. The van der Waals surface area contributed by atoms with Crippen molar-refractivity contribution in [2.24, 2.45) is 0 Å². The van der Waals surface area contributed by atoms with E-state index in [1.165, 1.54) is 0 Å². The number of hydrogen-bond acceptors (Lipinski definition) is 5. The Hall–Kier alpha value is -2.96. The smallest absolute Gasteiger partial charge is 0.340 e. The van der Waals surface area contributed by atoms with E-state index in [-0.39, 0.29) is 5.97 Å². The first-order valence-corrected chi connectivity index (χ1v) is 10.4. The van der Waals surface area contributed by atoms with E-state index in [2.05, 4.69) is 22.1 Å².